The smallest absolute Gasteiger partial charge is 0.310 e. The van der Waals surface area contributed by atoms with Crippen LogP contribution in [0.2, 0.25) is 5.02 Å². The van der Waals surface area contributed by atoms with Gasteiger partial charge in [0, 0.05) is 18.1 Å². The fraction of sp³-hybridized carbons (Fsp3) is 0.450. The number of carbonyl (C=O) groups is 2. The number of ether oxygens (including phenoxy) is 1. The summed E-state index contributed by atoms with van der Waals surface area (Å²) in [4.78, 5) is 26.5. The van der Waals surface area contributed by atoms with E-state index < -0.39 is 5.92 Å². The number of halogens is 1. The van der Waals surface area contributed by atoms with Crippen molar-refractivity contribution >= 4 is 23.5 Å². The number of rotatable bonds is 7. The van der Waals surface area contributed by atoms with E-state index in [4.69, 9.17) is 16.3 Å². The summed E-state index contributed by atoms with van der Waals surface area (Å²) in [6.45, 7) is 8.45. The molecule has 0 fully saturated rings. The van der Waals surface area contributed by atoms with E-state index in [9.17, 15) is 9.59 Å². The summed E-state index contributed by atoms with van der Waals surface area (Å²) in [5.41, 5.74) is 2.14. The highest BCUT2D eigenvalue weighted by Gasteiger charge is 2.26. The molecule has 2 aromatic rings. The Morgan fingerprint density at radius 3 is 2.56 bits per heavy atom. The molecule has 0 saturated heterocycles. The van der Waals surface area contributed by atoms with E-state index in [1.54, 1.807) is 28.8 Å². The van der Waals surface area contributed by atoms with Crippen LogP contribution >= 0.6 is 11.6 Å². The molecule has 0 spiro atoms. The van der Waals surface area contributed by atoms with Gasteiger partial charge in [0.15, 0.2) is 0 Å². The molecule has 146 valence electrons. The Morgan fingerprint density at radius 1 is 1.30 bits per heavy atom. The van der Waals surface area contributed by atoms with Crippen molar-refractivity contribution in [2.24, 2.45) is 5.92 Å². The lowest BCUT2D eigenvalue weighted by molar-refractivity contribution is -0.145. The minimum Gasteiger partial charge on any atom is -0.469 e. The highest BCUT2D eigenvalue weighted by Crippen LogP contribution is 2.25. The van der Waals surface area contributed by atoms with Crippen molar-refractivity contribution < 1.29 is 14.3 Å². The molecule has 0 bridgehead atoms. The second-order valence-corrected chi connectivity index (χ2v) is 7.19. The average molecular weight is 392 g/mol. The summed E-state index contributed by atoms with van der Waals surface area (Å²) in [6.07, 6.45) is 1.59. The van der Waals surface area contributed by atoms with E-state index in [0.717, 1.165) is 11.4 Å². The normalized spacial score (nSPS) is 12.1. The average Bonchev–Trinajstić information content (AvgIpc) is 3.10. The summed E-state index contributed by atoms with van der Waals surface area (Å²) in [7, 11) is 1.35. The lowest BCUT2D eigenvalue weighted by Crippen LogP contribution is -2.37. The topological polar surface area (TPSA) is 64.4 Å². The number of esters is 1. The molecule has 2 rings (SSSR count). The number of methoxy groups -OCH3 is 1. The summed E-state index contributed by atoms with van der Waals surface area (Å²) >= 11 is 6.11. The highest BCUT2D eigenvalue weighted by molar-refractivity contribution is 6.30. The third-order valence-corrected chi connectivity index (χ3v) is 4.64. The Bertz CT molecular complexity index is 817. The second kappa shape index (κ2) is 9.04. The van der Waals surface area contributed by atoms with Crippen LogP contribution in [-0.2, 0) is 9.53 Å². The van der Waals surface area contributed by atoms with Gasteiger partial charge in [-0.15, -0.1) is 0 Å². The molecule has 0 aliphatic carbocycles. The molecule has 1 aromatic heterocycles. The number of hydrogen-bond acceptors (Lipinski definition) is 4. The lowest BCUT2D eigenvalue weighted by atomic mass is 10.0. The fourth-order valence-corrected chi connectivity index (χ4v) is 3.21. The van der Waals surface area contributed by atoms with E-state index in [-0.39, 0.29) is 17.8 Å². The minimum atomic E-state index is -0.399. The standard InChI is InChI=1S/C20H26ClN3O3/c1-6-23(12-14(4)20(26)27-5)19(25)17-11-22-24(18(17)13(2)3)16-9-7-8-15(21)10-16/h7-11,13-14H,6,12H2,1-5H3. The number of hydrogen-bond donors (Lipinski definition) is 0. The van der Waals surface area contributed by atoms with Crippen molar-refractivity contribution in [3.8, 4) is 5.69 Å². The Hall–Kier alpha value is -2.34. The maximum absolute atomic E-state index is 13.2. The molecule has 27 heavy (non-hydrogen) atoms. The minimum absolute atomic E-state index is 0.0715. The van der Waals surface area contributed by atoms with Crippen LogP contribution in [0.15, 0.2) is 30.5 Å². The largest absolute Gasteiger partial charge is 0.469 e. The van der Waals surface area contributed by atoms with Crippen LogP contribution in [0.5, 0.6) is 0 Å². The molecule has 6 nitrogen and oxygen atoms in total. The van der Waals surface area contributed by atoms with Crippen LogP contribution in [0.4, 0.5) is 0 Å². The number of carbonyl (C=O) groups excluding carboxylic acids is 2. The van der Waals surface area contributed by atoms with Crippen LogP contribution in [0.3, 0.4) is 0 Å². The van der Waals surface area contributed by atoms with E-state index in [1.807, 2.05) is 39.0 Å². The van der Waals surface area contributed by atoms with E-state index in [2.05, 4.69) is 5.10 Å². The van der Waals surface area contributed by atoms with Gasteiger partial charge in [-0.1, -0.05) is 38.4 Å². The molecule has 1 aromatic carbocycles. The SMILES string of the molecule is CCN(CC(C)C(=O)OC)C(=O)c1cnn(-c2cccc(Cl)c2)c1C(C)C. The van der Waals surface area contributed by atoms with Gasteiger partial charge in [-0.25, -0.2) is 4.68 Å². The number of amides is 1. The predicted octanol–water partition coefficient (Wildman–Crippen LogP) is 3.92. The van der Waals surface area contributed by atoms with Crippen molar-refractivity contribution in [1.82, 2.24) is 14.7 Å². The van der Waals surface area contributed by atoms with Crippen molar-refractivity contribution in [2.75, 3.05) is 20.2 Å². The van der Waals surface area contributed by atoms with Crippen LogP contribution < -0.4 is 0 Å². The van der Waals surface area contributed by atoms with E-state index >= 15 is 0 Å². The summed E-state index contributed by atoms with van der Waals surface area (Å²) in [6, 6.07) is 7.35. The van der Waals surface area contributed by atoms with E-state index in [1.165, 1.54) is 7.11 Å². The molecule has 1 atom stereocenters. The lowest BCUT2D eigenvalue weighted by Gasteiger charge is -2.24. The first-order chi connectivity index (χ1) is 12.8. The third-order valence-electron chi connectivity index (χ3n) is 4.40. The highest BCUT2D eigenvalue weighted by atomic mass is 35.5. The maximum atomic E-state index is 13.2. The van der Waals surface area contributed by atoms with Gasteiger partial charge in [0.05, 0.1) is 36.2 Å². The van der Waals surface area contributed by atoms with Gasteiger partial charge in [0.25, 0.3) is 5.91 Å². The van der Waals surface area contributed by atoms with Crippen LogP contribution in [0, 0.1) is 5.92 Å². The molecular formula is C20H26ClN3O3. The van der Waals surface area contributed by atoms with Gasteiger partial charge in [-0.2, -0.15) is 5.10 Å². The first-order valence-electron chi connectivity index (χ1n) is 9.01. The molecule has 0 aliphatic rings. The van der Waals surface area contributed by atoms with Crippen molar-refractivity contribution in [1.29, 1.82) is 0 Å². The van der Waals surface area contributed by atoms with Gasteiger partial charge in [-0.05, 0) is 31.0 Å². The van der Waals surface area contributed by atoms with Gasteiger partial charge < -0.3 is 9.64 Å². The van der Waals surface area contributed by atoms with Crippen molar-refractivity contribution in [2.45, 2.75) is 33.6 Å². The molecule has 1 unspecified atom stereocenters. The van der Waals surface area contributed by atoms with Crippen molar-refractivity contribution in [3.63, 3.8) is 0 Å². The summed E-state index contributed by atoms with van der Waals surface area (Å²) in [5.74, 6) is -0.809. The molecule has 0 radical (unpaired) electrons. The Balaban J connectivity index is 2.39. The third kappa shape index (κ3) is 4.69. The molecule has 7 heteroatoms. The molecule has 1 heterocycles. The molecule has 1 amide bonds. The number of nitrogens with zero attached hydrogens (tertiary/aromatic N) is 3. The van der Waals surface area contributed by atoms with Gasteiger partial charge in [0.2, 0.25) is 0 Å². The first kappa shape index (κ1) is 21.0. The van der Waals surface area contributed by atoms with Crippen LogP contribution in [0.25, 0.3) is 5.69 Å². The fourth-order valence-electron chi connectivity index (χ4n) is 3.02. The zero-order chi connectivity index (χ0) is 20.1. The number of benzene rings is 1. The second-order valence-electron chi connectivity index (χ2n) is 6.76. The van der Waals surface area contributed by atoms with Gasteiger partial charge >= 0.3 is 5.97 Å². The quantitative estimate of drug-likeness (QED) is 0.671. The maximum Gasteiger partial charge on any atom is 0.310 e. The number of aromatic nitrogens is 2. The Kier molecular flexibility index (Phi) is 7.02. The predicted molar refractivity (Wildman–Crippen MR) is 105 cm³/mol. The van der Waals surface area contributed by atoms with Gasteiger partial charge in [-0.3, -0.25) is 9.59 Å². The van der Waals surface area contributed by atoms with Crippen LogP contribution in [-0.4, -0.2) is 46.8 Å². The Morgan fingerprint density at radius 2 is 2.00 bits per heavy atom. The Labute approximate surface area is 165 Å². The monoisotopic (exact) mass is 391 g/mol. The molecular weight excluding hydrogens is 366 g/mol. The molecule has 0 saturated carbocycles. The van der Waals surface area contributed by atoms with Crippen LogP contribution in [0.1, 0.15) is 49.7 Å². The summed E-state index contributed by atoms with van der Waals surface area (Å²) < 4.78 is 6.52. The van der Waals surface area contributed by atoms with E-state index in [0.29, 0.717) is 23.7 Å². The molecule has 0 aliphatic heterocycles. The zero-order valence-corrected chi connectivity index (χ0v) is 17.2. The molecule has 0 N–H and O–H groups in total. The van der Waals surface area contributed by atoms with Gasteiger partial charge in [0.1, 0.15) is 0 Å². The van der Waals surface area contributed by atoms with Crippen molar-refractivity contribution in [3.05, 3.63) is 46.7 Å². The summed E-state index contributed by atoms with van der Waals surface area (Å²) in [5, 5.41) is 5.04. The zero-order valence-electron chi connectivity index (χ0n) is 16.4. The first-order valence-corrected chi connectivity index (χ1v) is 9.38.